The smallest absolute Gasteiger partial charge is 0.0908 e. The molecule has 0 aliphatic heterocycles. The molecule has 0 radical (unpaired) electrons. The summed E-state index contributed by atoms with van der Waals surface area (Å²) >= 11 is 6.18. The molecule has 0 amide bonds. The standard InChI is InChI=1S/C15H20ClN3O/c1-20-10-11(4-2-8-17)19-14-7-6-13(16)15-12(14)5-3-9-18-15/h3,5-7,9,11,19H,2,4,8,10,17H2,1H3. The number of nitrogens with zero attached hydrogens (tertiary/aromatic N) is 1. The second-order valence-corrected chi connectivity index (χ2v) is 5.13. The van der Waals surface area contributed by atoms with Crippen molar-refractivity contribution in [2.24, 2.45) is 5.73 Å². The molecule has 20 heavy (non-hydrogen) atoms. The first-order chi connectivity index (χ1) is 9.76. The van der Waals surface area contributed by atoms with Crippen molar-refractivity contribution in [1.29, 1.82) is 0 Å². The first-order valence-corrected chi connectivity index (χ1v) is 7.13. The Bertz CT molecular complexity index is 562. The summed E-state index contributed by atoms with van der Waals surface area (Å²) in [6.45, 7) is 1.33. The van der Waals surface area contributed by atoms with Gasteiger partial charge < -0.3 is 15.8 Å². The molecule has 1 heterocycles. The number of fused-ring (bicyclic) bond motifs is 1. The Morgan fingerprint density at radius 2 is 2.25 bits per heavy atom. The first kappa shape index (κ1) is 15.0. The third kappa shape index (κ3) is 3.60. The van der Waals surface area contributed by atoms with Gasteiger partial charge in [0.25, 0.3) is 0 Å². The third-order valence-corrected chi connectivity index (χ3v) is 3.51. The zero-order valence-electron chi connectivity index (χ0n) is 11.6. The fourth-order valence-electron chi connectivity index (χ4n) is 2.25. The molecule has 1 unspecified atom stereocenters. The van der Waals surface area contributed by atoms with E-state index in [-0.39, 0.29) is 6.04 Å². The van der Waals surface area contributed by atoms with Crippen molar-refractivity contribution < 1.29 is 4.74 Å². The van der Waals surface area contributed by atoms with E-state index < -0.39 is 0 Å². The second kappa shape index (κ2) is 7.43. The molecule has 2 aromatic rings. The summed E-state index contributed by atoms with van der Waals surface area (Å²) in [7, 11) is 1.71. The van der Waals surface area contributed by atoms with Gasteiger partial charge in [0.15, 0.2) is 0 Å². The maximum atomic E-state index is 6.18. The molecule has 108 valence electrons. The van der Waals surface area contributed by atoms with Gasteiger partial charge in [-0.3, -0.25) is 4.98 Å². The van der Waals surface area contributed by atoms with Crippen molar-refractivity contribution in [1.82, 2.24) is 4.98 Å². The quantitative estimate of drug-likeness (QED) is 0.824. The Hall–Kier alpha value is -1.36. The molecule has 0 fully saturated rings. The maximum Gasteiger partial charge on any atom is 0.0908 e. The van der Waals surface area contributed by atoms with E-state index in [9.17, 15) is 0 Å². The van der Waals surface area contributed by atoms with Crippen LogP contribution >= 0.6 is 11.6 Å². The zero-order chi connectivity index (χ0) is 14.4. The molecule has 3 N–H and O–H groups in total. The first-order valence-electron chi connectivity index (χ1n) is 6.75. The summed E-state index contributed by atoms with van der Waals surface area (Å²) < 4.78 is 5.26. The van der Waals surface area contributed by atoms with Crippen LogP contribution < -0.4 is 11.1 Å². The topological polar surface area (TPSA) is 60.2 Å². The van der Waals surface area contributed by atoms with Gasteiger partial charge in [-0.25, -0.2) is 0 Å². The van der Waals surface area contributed by atoms with Crippen LogP contribution in [0.4, 0.5) is 5.69 Å². The van der Waals surface area contributed by atoms with Crippen LogP contribution in [0.3, 0.4) is 0 Å². The van der Waals surface area contributed by atoms with Crippen molar-refractivity contribution >= 4 is 28.2 Å². The number of anilines is 1. The Labute approximate surface area is 124 Å². The van der Waals surface area contributed by atoms with Crippen LogP contribution in [0.5, 0.6) is 0 Å². The van der Waals surface area contributed by atoms with Gasteiger partial charge in [-0.05, 0) is 43.7 Å². The van der Waals surface area contributed by atoms with E-state index in [4.69, 9.17) is 22.1 Å². The monoisotopic (exact) mass is 293 g/mol. The minimum Gasteiger partial charge on any atom is -0.383 e. The number of methoxy groups -OCH3 is 1. The van der Waals surface area contributed by atoms with E-state index in [1.807, 2.05) is 24.3 Å². The van der Waals surface area contributed by atoms with E-state index in [0.717, 1.165) is 29.4 Å². The molecule has 0 saturated carbocycles. The van der Waals surface area contributed by atoms with Crippen LogP contribution in [-0.4, -0.2) is 31.3 Å². The molecular weight excluding hydrogens is 274 g/mol. The average molecular weight is 294 g/mol. The highest BCUT2D eigenvalue weighted by molar-refractivity contribution is 6.35. The zero-order valence-corrected chi connectivity index (χ0v) is 12.4. The molecule has 0 spiro atoms. The average Bonchev–Trinajstić information content (AvgIpc) is 2.48. The Morgan fingerprint density at radius 1 is 1.40 bits per heavy atom. The van der Waals surface area contributed by atoms with Crippen LogP contribution in [-0.2, 0) is 4.74 Å². The second-order valence-electron chi connectivity index (χ2n) is 4.72. The van der Waals surface area contributed by atoms with Crippen molar-refractivity contribution in [2.75, 3.05) is 25.6 Å². The lowest BCUT2D eigenvalue weighted by Gasteiger charge is -2.20. The molecule has 1 aromatic heterocycles. The normalized spacial score (nSPS) is 12.6. The number of rotatable bonds is 7. The summed E-state index contributed by atoms with van der Waals surface area (Å²) in [4.78, 5) is 4.33. The number of halogens is 1. The van der Waals surface area contributed by atoms with Gasteiger partial charge in [0.2, 0.25) is 0 Å². The minimum absolute atomic E-state index is 0.230. The van der Waals surface area contributed by atoms with Crippen LogP contribution in [0, 0.1) is 0 Å². The summed E-state index contributed by atoms with van der Waals surface area (Å²) in [6.07, 6.45) is 3.68. The molecule has 1 aromatic carbocycles. The molecule has 2 rings (SSSR count). The van der Waals surface area contributed by atoms with Gasteiger partial charge in [-0.15, -0.1) is 0 Å². The molecule has 0 saturated heterocycles. The summed E-state index contributed by atoms with van der Waals surface area (Å²) in [6, 6.07) is 8.01. The van der Waals surface area contributed by atoms with Gasteiger partial charge in [-0.1, -0.05) is 11.6 Å². The third-order valence-electron chi connectivity index (χ3n) is 3.20. The van der Waals surface area contributed by atoms with Gasteiger partial charge in [-0.2, -0.15) is 0 Å². The molecule has 0 bridgehead atoms. The number of nitrogens with two attached hydrogens (primary N) is 1. The number of hydrogen-bond donors (Lipinski definition) is 2. The predicted molar refractivity (Wildman–Crippen MR) is 84.3 cm³/mol. The van der Waals surface area contributed by atoms with Crippen molar-refractivity contribution in [3.05, 3.63) is 35.5 Å². The maximum absolute atomic E-state index is 6.18. The largest absolute Gasteiger partial charge is 0.383 e. The minimum atomic E-state index is 0.230. The van der Waals surface area contributed by atoms with Crippen LogP contribution in [0.25, 0.3) is 10.9 Å². The van der Waals surface area contributed by atoms with Gasteiger partial charge in [0.1, 0.15) is 0 Å². The van der Waals surface area contributed by atoms with Gasteiger partial charge >= 0.3 is 0 Å². The van der Waals surface area contributed by atoms with Crippen molar-refractivity contribution in [2.45, 2.75) is 18.9 Å². The molecule has 1 atom stereocenters. The van der Waals surface area contributed by atoms with E-state index in [1.54, 1.807) is 13.3 Å². The highest BCUT2D eigenvalue weighted by atomic mass is 35.5. The highest BCUT2D eigenvalue weighted by Gasteiger charge is 2.11. The lowest BCUT2D eigenvalue weighted by molar-refractivity contribution is 0.182. The summed E-state index contributed by atoms with van der Waals surface area (Å²) in [5, 5.41) is 5.19. The molecular formula is C15H20ClN3O. The summed E-state index contributed by atoms with van der Waals surface area (Å²) in [5.74, 6) is 0. The number of benzene rings is 1. The Balaban J connectivity index is 2.25. The van der Waals surface area contributed by atoms with Crippen LogP contribution in [0.1, 0.15) is 12.8 Å². The highest BCUT2D eigenvalue weighted by Crippen LogP contribution is 2.28. The van der Waals surface area contributed by atoms with Crippen LogP contribution in [0.15, 0.2) is 30.5 Å². The number of hydrogen-bond acceptors (Lipinski definition) is 4. The summed E-state index contributed by atoms with van der Waals surface area (Å²) in [5.41, 5.74) is 7.42. The number of nitrogens with one attached hydrogen (secondary N) is 1. The lowest BCUT2D eigenvalue weighted by atomic mass is 10.1. The van der Waals surface area contributed by atoms with Crippen molar-refractivity contribution in [3.8, 4) is 0 Å². The lowest BCUT2D eigenvalue weighted by Crippen LogP contribution is -2.26. The fourth-order valence-corrected chi connectivity index (χ4v) is 2.46. The SMILES string of the molecule is COCC(CCCN)Nc1ccc(Cl)c2ncccc12. The van der Waals surface area contributed by atoms with E-state index in [1.165, 1.54) is 0 Å². The van der Waals surface area contributed by atoms with E-state index >= 15 is 0 Å². The van der Waals surface area contributed by atoms with E-state index in [2.05, 4.69) is 10.3 Å². The molecule has 4 nitrogen and oxygen atoms in total. The number of aromatic nitrogens is 1. The predicted octanol–water partition coefficient (Wildman–Crippen LogP) is 3.05. The van der Waals surface area contributed by atoms with E-state index in [0.29, 0.717) is 18.2 Å². The van der Waals surface area contributed by atoms with Crippen molar-refractivity contribution in [3.63, 3.8) is 0 Å². The Kier molecular flexibility index (Phi) is 5.59. The molecule has 0 aliphatic carbocycles. The van der Waals surface area contributed by atoms with Gasteiger partial charge in [0.05, 0.1) is 17.1 Å². The van der Waals surface area contributed by atoms with Crippen LogP contribution in [0.2, 0.25) is 5.02 Å². The number of pyridine rings is 1. The fraction of sp³-hybridized carbons (Fsp3) is 0.400. The Morgan fingerprint density at radius 3 is 3.00 bits per heavy atom. The van der Waals surface area contributed by atoms with Gasteiger partial charge in [0, 0.05) is 30.4 Å². The molecule has 5 heteroatoms. The molecule has 0 aliphatic rings. The number of ether oxygens (including phenoxy) is 1.